The largest absolute Gasteiger partial charge is 0.505 e. The Balaban J connectivity index is 3.25. The van der Waals surface area contributed by atoms with E-state index in [9.17, 15) is 5.11 Å². The van der Waals surface area contributed by atoms with Crippen LogP contribution in [0.2, 0.25) is 0 Å². The van der Waals surface area contributed by atoms with Crippen LogP contribution in [0.25, 0.3) is 0 Å². The van der Waals surface area contributed by atoms with E-state index in [1.54, 1.807) is 26.1 Å². The summed E-state index contributed by atoms with van der Waals surface area (Å²) in [5, 5.41) is 12.3. The molecule has 0 saturated heterocycles. The molecule has 0 radical (unpaired) electrons. The summed E-state index contributed by atoms with van der Waals surface area (Å²) >= 11 is 0. The highest BCUT2D eigenvalue weighted by atomic mass is 16.3. The van der Waals surface area contributed by atoms with Crippen LogP contribution in [-0.2, 0) is 0 Å². The van der Waals surface area contributed by atoms with E-state index < -0.39 is 0 Å². The van der Waals surface area contributed by atoms with Gasteiger partial charge in [0.25, 0.3) is 0 Å². The van der Waals surface area contributed by atoms with Gasteiger partial charge in [-0.05, 0) is 19.1 Å². The molecule has 0 atom stereocenters. The molecule has 11 heavy (non-hydrogen) atoms. The number of nitrogen functional groups attached to an aromatic ring is 1. The Morgan fingerprint density at radius 2 is 2.09 bits per heavy atom. The number of phenolic OH excluding ortho intramolecular Hbond substituents is 1. The molecule has 4 N–H and O–H groups in total. The Hall–Kier alpha value is -1.38. The minimum Gasteiger partial charge on any atom is -0.505 e. The van der Waals surface area contributed by atoms with Gasteiger partial charge in [-0.2, -0.15) is 0 Å². The highest BCUT2D eigenvalue weighted by molar-refractivity contribution is 5.66. The Morgan fingerprint density at radius 3 is 2.64 bits per heavy atom. The van der Waals surface area contributed by atoms with Crippen LogP contribution >= 0.6 is 0 Å². The molecule has 0 saturated carbocycles. The molecule has 0 fully saturated rings. The number of nitrogens with one attached hydrogen (secondary N) is 1. The Labute approximate surface area is 65.8 Å². The molecule has 1 aromatic carbocycles. The lowest BCUT2D eigenvalue weighted by Crippen LogP contribution is -1.94. The zero-order valence-electron chi connectivity index (χ0n) is 6.68. The van der Waals surface area contributed by atoms with E-state index in [1.165, 1.54) is 0 Å². The van der Waals surface area contributed by atoms with E-state index in [4.69, 9.17) is 5.73 Å². The fourth-order valence-corrected chi connectivity index (χ4v) is 0.918. The monoisotopic (exact) mass is 152 g/mol. The van der Waals surface area contributed by atoms with Gasteiger partial charge < -0.3 is 16.2 Å². The zero-order valence-corrected chi connectivity index (χ0v) is 6.68. The molecule has 0 heterocycles. The number of benzene rings is 1. The van der Waals surface area contributed by atoms with Gasteiger partial charge in [-0.25, -0.2) is 0 Å². The van der Waals surface area contributed by atoms with Gasteiger partial charge in [0.15, 0.2) is 0 Å². The first-order valence-corrected chi connectivity index (χ1v) is 3.42. The van der Waals surface area contributed by atoms with Crippen molar-refractivity contribution in [2.24, 2.45) is 0 Å². The van der Waals surface area contributed by atoms with Crippen LogP contribution in [0.3, 0.4) is 0 Å². The SMILES string of the molecule is CNc1ccc(N)c(C)c1O. The maximum Gasteiger partial charge on any atom is 0.143 e. The number of aromatic hydroxyl groups is 1. The summed E-state index contributed by atoms with van der Waals surface area (Å²) in [5.74, 6) is 0.229. The summed E-state index contributed by atoms with van der Waals surface area (Å²) < 4.78 is 0. The third-order valence-electron chi connectivity index (χ3n) is 1.74. The molecule has 0 aromatic heterocycles. The minimum absolute atomic E-state index is 0.229. The number of hydrogen-bond donors (Lipinski definition) is 3. The Morgan fingerprint density at radius 1 is 1.45 bits per heavy atom. The van der Waals surface area contributed by atoms with Crippen LogP contribution in [0.5, 0.6) is 5.75 Å². The lowest BCUT2D eigenvalue weighted by molar-refractivity contribution is 0.474. The van der Waals surface area contributed by atoms with Crippen LogP contribution in [0.15, 0.2) is 12.1 Å². The van der Waals surface area contributed by atoms with Gasteiger partial charge in [0.1, 0.15) is 5.75 Å². The van der Waals surface area contributed by atoms with Crippen LogP contribution in [0.1, 0.15) is 5.56 Å². The van der Waals surface area contributed by atoms with Gasteiger partial charge >= 0.3 is 0 Å². The topological polar surface area (TPSA) is 58.3 Å². The van der Waals surface area contributed by atoms with E-state index in [-0.39, 0.29) is 5.75 Å². The number of hydrogen-bond acceptors (Lipinski definition) is 3. The minimum atomic E-state index is 0.229. The molecule has 0 spiro atoms. The average Bonchev–Trinajstić information content (AvgIpc) is 2.01. The molecule has 0 bridgehead atoms. The third kappa shape index (κ3) is 1.22. The molecule has 0 aliphatic heterocycles. The Kier molecular flexibility index (Phi) is 1.89. The van der Waals surface area contributed by atoms with E-state index in [1.807, 2.05) is 0 Å². The number of anilines is 2. The average molecular weight is 152 g/mol. The zero-order chi connectivity index (χ0) is 8.43. The summed E-state index contributed by atoms with van der Waals surface area (Å²) in [6, 6.07) is 3.51. The first-order valence-electron chi connectivity index (χ1n) is 3.42. The highest BCUT2D eigenvalue weighted by Crippen LogP contribution is 2.30. The molecule has 0 aliphatic rings. The lowest BCUT2D eigenvalue weighted by atomic mass is 10.1. The summed E-state index contributed by atoms with van der Waals surface area (Å²) in [6.07, 6.45) is 0. The summed E-state index contributed by atoms with van der Waals surface area (Å²) in [4.78, 5) is 0. The summed E-state index contributed by atoms with van der Waals surface area (Å²) in [5.41, 5.74) is 7.59. The van der Waals surface area contributed by atoms with E-state index in [2.05, 4.69) is 5.32 Å². The molecule has 0 amide bonds. The van der Waals surface area contributed by atoms with Crippen LogP contribution in [0.4, 0.5) is 11.4 Å². The third-order valence-corrected chi connectivity index (χ3v) is 1.74. The van der Waals surface area contributed by atoms with Crippen molar-refractivity contribution in [1.82, 2.24) is 0 Å². The summed E-state index contributed by atoms with van der Waals surface area (Å²) in [6.45, 7) is 1.78. The Bertz CT molecular complexity index is 271. The quantitative estimate of drug-likeness (QED) is 0.420. The molecule has 60 valence electrons. The van der Waals surface area contributed by atoms with Gasteiger partial charge in [0, 0.05) is 18.3 Å². The highest BCUT2D eigenvalue weighted by Gasteiger charge is 2.03. The molecule has 3 heteroatoms. The lowest BCUT2D eigenvalue weighted by Gasteiger charge is -2.07. The molecule has 3 nitrogen and oxygen atoms in total. The molecule has 1 rings (SSSR count). The van der Waals surface area contributed by atoms with Crippen LogP contribution in [-0.4, -0.2) is 12.2 Å². The smallest absolute Gasteiger partial charge is 0.143 e. The molecular formula is C8H12N2O. The van der Waals surface area contributed by atoms with Gasteiger partial charge in [-0.15, -0.1) is 0 Å². The second-order valence-electron chi connectivity index (χ2n) is 2.43. The van der Waals surface area contributed by atoms with Crippen molar-refractivity contribution in [2.45, 2.75) is 6.92 Å². The first-order chi connectivity index (χ1) is 5.16. The van der Waals surface area contributed by atoms with E-state index in [0.29, 0.717) is 11.4 Å². The van der Waals surface area contributed by atoms with Gasteiger partial charge in [-0.1, -0.05) is 0 Å². The van der Waals surface area contributed by atoms with Gasteiger partial charge in [-0.3, -0.25) is 0 Å². The standard InChI is InChI=1S/C8H12N2O/c1-5-6(9)3-4-7(10-2)8(5)11/h3-4,10-11H,9H2,1-2H3. The predicted molar refractivity (Wildman–Crippen MR) is 46.8 cm³/mol. The van der Waals surface area contributed by atoms with Crippen molar-refractivity contribution >= 4 is 11.4 Å². The first kappa shape index (κ1) is 7.72. The maximum absolute atomic E-state index is 9.44. The number of nitrogens with two attached hydrogens (primary N) is 1. The molecular weight excluding hydrogens is 140 g/mol. The van der Waals surface area contributed by atoms with Gasteiger partial charge in [0.05, 0.1) is 5.69 Å². The van der Waals surface area contributed by atoms with E-state index in [0.717, 1.165) is 5.56 Å². The molecule has 0 aliphatic carbocycles. The van der Waals surface area contributed by atoms with Crippen LogP contribution < -0.4 is 11.1 Å². The second-order valence-corrected chi connectivity index (χ2v) is 2.43. The fraction of sp³-hybridized carbons (Fsp3) is 0.250. The van der Waals surface area contributed by atoms with Crippen molar-refractivity contribution in [3.05, 3.63) is 17.7 Å². The van der Waals surface area contributed by atoms with Crippen molar-refractivity contribution in [1.29, 1.82) is 0 Å². The maximum atomic E-state index is 9.44. The normalized spacial score (nSPS) is 9.64. The van der Waals surface area contributed by atoms with Crippen molar-refractivity contribution in [3.8, 4) is 5.75 Å². The second kappa shape index (κ2) is 2.70. The predicted octanol–water partition coefficient (Wildman–Crippen LogP) is 1.32. The van der Waals surface area contributed by atoms with Crippen LogP contribution in [0, 0.1) is 6.92 Å². The van der Waals surface area contributed by atoms with Crippen molar-refractivity contribution < 1.29 is 5.11 Å². The fourth-order valence-electron chi connectivity index (χ4n) is 0.918. The number of rotatable bonds is 1. The van der Waals surface area contributed by atoms with Crippen molar-refractivity contribution in [3.63, 3.8) is 0 Å². The van der Waals surface area contributed by atoms with Gasteiger partial charge in [0.2, 0.25) is 0 Å². The summed E-state index contributed by atoms with van der Waals surface area (Å²) in [7, 11) is 1.75. The van der Waals surface area contributed by atoms with Crippen molar-refractivity contribution in [2.75, 3.05) is 18.1 Å². The van der Waals surface area contributed by atoms with E-state index >= 15 is 0 Å². The molecule has 0 unspecified atom stereocenters. The number of phenols is 1. The molecule has 1 aromatic rings.